The van der Waals surface area contributed by atoms with Crippen LogP contribution in [0.15, 0.2) is 164 Å². The molecule has 6 N–H and O–H groups in total. The van der Waals surface area contributed by atoms with E-state index in [0.29, 0.717) is 45.4 Å². The fourth-order valence-corrected chi connectivity index (χ4v) is 5.05. The first-order chi connectivity index (χ1) is 26.5. The van der Waals surface area contributed by atoms with Gasteiger partial charge < -0.3 is 31.4 Å². The Morgan fingerprint density at radius 1 is 0.545 bits per heavy atom. The minimum absolute atomic E-state index is 0.0665. The summed E-state index contributed by atoms with van der Waals surface area (Å²) in [5.41, 5.74) is 23.0. The molecule has 0 saturated heterocycles. The number of hydrogen-bond donors (Lipinski definition) is 3. The van der Waals surface area contributed by atoms with Crippen LogP contribution in [0.1, 0.15) is 43.0 Å². The third-order valence-electron chi connectivity index (χ3n) is 7.78. The Labute approximate surface area is 319 Å². The number of aryl methyl sites for hydroxylation is 1. The molecule has 0 unspecified atom stereocenters. The molecule has 0 saturated carbocycles. The molecule has 0 aliphatic heterocycles. The van der Waals surface area contributed by atoms with Crippen molar-refractivity contribution in [3.05, 3.63) is 198 Å². The standard InChI is InChI=1S/C23H20N2O3.C23H19NO3/c1-16(18-5-3-2-4-6-18)27-20-11-7-17(8-12-20)9-14-23(26)28-22-13-10-19(24)15-21(22)25;1-16-13-19(15-20(24)14-16)23(26)27-21-10-7-17(8-11-21)9-12-22(25)18-5-3-2-4-6-18/h2-15H,1,24-25H2;2-15H,24H2,1H3/b14-9+;. The molecule has 6 aromatic carbocycles. The molecule has 0 atom stereocenters. The van der Waals surface area contributed by atoms with E-state index in [4.69, 9.17) is 31.4 Å². The molecule has 0 spiro atoms. The lowest BCUT2D eigenvalue weighted by molar-refractivity contribution is -0.128. The molecule has 6 rings (SSSR count). The Kier molecular flexibility index (Phi) is 13.1. The first-order valence-corrected chi connectivity index (χ1v) is 17.1. The Bertz CT molecular complexity index is 2310. The van der Waals surface area contributed by atoms with Crippen LogP contribution in [0.3, 0.4) is 0 Å². The van der Waals surface area contributed by atoms with Gasteiger partial charge >= 0.3 is 11.9 Å². The smallest absolute Gasteiger partial charge is 0.343 e. The van der Waals surface area contributed by atoms with Gasteiger partial charge in [-0.25, -0.2) is 9.59 Å². The zero-order chi connectivity index (χ0) is 39.2. The molecule has 0 fully saturated rings. The largest absolute Gasteiger partial charge is 0.457 e. The first-order valence-electron chi connectivity index (χ1n) is 17.1. The van der Waals surface area contributed by atoms with Crippen LogP contribution in [0.2, 0.25) is 0 Å². The number of hydrogen-bond acceptors (Lipinski definition) is 9. The second-order valence-electron chi connectivity index (χ2n) is 12.2. The Hall–Kier alpha value is -7.65. The van der Waals surface area contributed by atoms with Crippen molar-refractivity contribution < 1.29 is 28.6 Å². The summed E-state index contributed by atoms with van der Waals surface area (Å²) in [6.45, 7) is 5.81. The zero-order valence-corrected chi connectivity index (χ0v) is 30.1. The Morgan fingerprint density at radius 3 is 1.69 bits per heavy atom. The first kappa shape index (κ1) is 38.6. The maximum absolute atomic E-state index is 12.2. The molecule has 0 heterocycles. The van der Waals surface area contributed by atoms with Crippen molar-refractivity contribution in [2.24, 2.45) is 0 Å². The fraction of sp³-hybridized carbons (Fsp3) is 0.0217. The van der Waals surface area contributed by atoms with Crippen LogP contribution in [0.4, 0.5) is 17.1 Å². The molecule has 55 heavy (non-hydrogen) atoms. The van der Waals surface area contributed by atoms with E-state index < -0.39 is 11.9 Å². The lowest BCUT2D eigenvalue weighted by Gasteiger charge is -2.09. The van der Waals surface area contributed by atoms with Crippen LogP contribution >= 0.6 is 0 Å². The predicted molar refractivity (Wildman–Crippen MR) is 219 cm³/mol. The molecule has 9 heteroatoms. The van der Waals surface area contributed by atoms with Crippen LogP contribution in [-0.2, 0) is 4.79 Å². The van der Waals surface area contributed by atoms with Crippen molar-refractivity contribution in [1.82, 2.24) is 0 Å². The van der Waals surface area contributed by atoms with Crippen LogP contribution in [0, 0.1) is 6.92 Å². The lowest BCUT2D eigenvalue weighted by atomic mass is 10.1. The topological polar surface area (TPSA) is 157 Å². The van der Waals surface area contributed by atoms with E-state index in [2.05, 4.69) is 6.58 Å². The summed E-state index contributed by atoms with van der Waals surface area (Å²) in [5.74, 6) is 0.848. The van der Waals surface area contributed by atoms with Crippen LogP contribution < -0.4 is 31.4 Å². The highest BCUT2D eigenvalue weighted by Crippen LogP contribution is 2.24. The number of carbonyl (C=O) groups excluding carboxylic acids is 3. The molecule has 0 aromatic heterocycles. The third-order valence-corrected chi connectivity index (χ3v) is 7.78. The van der Waals surface area contributed by atoms with Gasteiger partial charge in [0.1, 0.15) is 17.3 Å². The molecular weight excluding hydrogens is 691 g/mol. The van der Waals surface area contributed by atoms with E-state index >= 15 is 0 Å². The van der Waals surface area contributed by atoms with Crippen LogP contribution in [0.25, 0.3) is 17.9 Å². The van der Waals surface area contributed by atoms with Crippen LogP contribution in [-0.4, -0.2) is 17.7 Å². The van der Waals surface area contributed by atoms with E-state index in [1.807, 2.05) is 67.6 Å². The minimum Gasteiger partial charge on any atom is -0.457 e. The molecule has 6 aromatic rings. The van der Waals surface area contributed by atoms with Gasteiger partial charge in [-0.05, 0) is 96.4 Å². The summed E-state index contributed by atoms with van der Waals surface area (Å²) in [5, 5.41) is 0. The maximum Gasteiger partial charge on any atom is 0.343 e. The van der Waals surface area contributed by atoms with Crippen molar-refractivity contribution >= 4 is 52.7 Å². The quantitative estimate of drug-likeness (QED) is 0.0295. The normalized spacial score (nSPS) is 10.6. The molecule has 0 aliphatic rings. The summed E-state index contributed by atoms with van der Waals surface area (Å²) < 4.78 is 16.3. The fourth-order valence-electron chi connectivity index (χ4n) is 5.05. The Balaban J connectivity index is 0.000000211. The van der Waals surface area contributed by atoms with E-state index in [0.717, 1.165) is 22.3 Å². The van der Waals surface area contributed by atoms with Gasteiger partial charge in [0.2, 0.25) is 0 Å². The van der Waals surface area contributed by atoms with Crippen molar-refractivity contribution in [3.8, 4) is 17.2 Å². The summed E-state index contributed by atoms with van der Waals surface area (Å²) in [6, 6.07) is 42.7. The van der Waals surface area contributed by atoms with E-state index in [1.54, 1.807) is 91.0 Å². The number of carbonyl (C=O) groups is 3. The van der Waals surface area contributed by atoms with Crippen molar-refractivity contribution in [2.45, 2.75) is 6.92 Å². The molecule has 0 radical (unpaired) electrons. The number of nitrogen functional groups attached to an aromatic ring is 3. The summed E-state index contributed by atoms with van der Waals surface area (Å²) in [6.07, 6.45) is 6.22. The highest BCUT2D eigenvalue weighted by molar-refractivity contribution is 6.06. The molecule has 0 bridgehead atoms. The Morgan fingerprint density at radius 2 is 1.11 bits per heavy atom. The summed E-state index contributed by atoms with van der Waals surface area (Å²) in [4.78, 5) is 36.3. The van der Waals surface area contributed by atoms with Gasteiger partial charge in [-0.15, -0.1) is 0 Å². The minimum atomic E-state index is -0.533. The second kappa shape index (κ2) is 18.7. The van der Waals surface area contributed by atoms with Crippen molar-refractivity contribution in [2.75, 3.05) is 17.2 Å². The number of ketones is 1. The number of esters is 2. The molecule has 274 valence electrons. The maximum atomic E-state index is 12.2. The number of anilines is 3. The SMILES string of the molecule is C=C(Oc1ccc(/C=C/C(=O)Oc2ccc(N)cc2N)cc1)c1ccccc1.Cc1cc(N)cc(C(=O)Oc2ccc(C=CC(=O)c3ccccc3)cc2)c1. The van der Waals surface area contributed by atoms with Crippen molar-refractivity contribution in [3.63, 3.8) is 0 Å². The van der Waals surface area contributed by atoms with E-state index in [-0.39, 0.29) is 11.5 Å². The number of rotatable bonds is 11. The number of ether oxygens (including phenoxy) is 3. The molecule has 9 nitrogen and oxygen atoms in total. The molecular formula is C46H39N3O6. The number of nitrogens with two attached hydrogens (primary N) is 3. The molecule has 0 aliphatic carbocycles. The second-order valence-corrected chi connectivity index (χ2v) is 12.2. The summed E-state index contributed by atoms with van der Waals surface area (Å²) >= 11 is 0. The van der Waals surface area contributed by atoms with E-state index in [9.17, 15) is 14.4 Å². The number of allylic oxidation sites excluding steroid dienone is 1. The van der Waals surface area contributed by atoms with E-state index in [1.165, 1.54) is 18.2 Å². The van der Waals surface area contributed by atoms with Gasteiger partial charge in [-0.1, -0.05) is 97.6 Å². The highest BCUT2D eigenvalue weighted by Gasteiger charge is 2.10. The highest BCUT2D eigenvalue weighted by atomic mass is 16.5. The monoisotopic (exact) mass is 729 g/mol. The van der Waals surface area contributed by atoms with Gasteiger partial charge in [-0.3, -0.25) is 4.79 Å². The van der Waals surface area contributed by atoms with Crippen LogP contribution in [0.5, 0.6) is 17.2 Å². The van der Waals surface area contributed by atoms with Gasteiger partial charge in [-0.2, -0.15) is 0 Å². The van der Waals surface area contributed by atoms with Gasteiger partial charge in [0, 0.05) is 28.6 Å². The average Bonchev–Trinajstić information content (AvgIpc) is 3.19. The van der Waals surface area contributed by atoms with Crippen molar-refractivity contribution in [1.29, 1.82) is 0 Å². The average molecular weight is 730 g/mol. The number of benzene rings is 6. The summed E-state index contributed by atoms with van der Waals surface area (Å²) in [7, 11) is 0. The van der Waals surface area contributed by atoms with Gasteiger partial charge in [0.15, 0.2) is 11.5 Å². The van der Waals surface area contributed by atoms with Gasteiger partial charge in [0.25, 0.3) is 0 Å². The molecule has 0 amide bonds. The van der Waals surface area contributed by atoms with Gasteiger partial charge in [0.05, 0.1) is 11.3 Å². The predicted octanol–water partition coefficient (Wildman–Crippen LogP) is 9.21. The third kappa shape index (κ3) is 11.9. The lowest BCUT2D eigenvalue weighted by Crippen LogP contribution is -2.09. The zero-order valence-electron chi connectivity index (χ0n) is 30.1.